The number of hydrogen-bond acceptors (Lipinski definition) is 5. The number of nitrogens with zero attached hydrogens (tertiary/aromatic N) is 2. The fourth-order valence-electron chi connectivity index (χ4n) is 1.01. The van der Waals surface area contributed by atoms with E-state index in [1.54, 1.807) is 6.07 Å². The molecule has 0 aromatic carbocycles. The van der Waals surface area contributed by atoms with Crippen LogP contribution in [-0.4, -0.2) is 11.3 Å². The molecule has 1 rings (SSSR count). The number of anilines is 1. The predicted molar refractivity (Wildman–Crippen MR) is 47.9 cm³/mol. The maximum Gasteiger partial charge on any atom is 0.573 e. The first kappa shape index (κ1) is 12.1. The third-order valence-electron chi connectivity index (χ3n) is 1.68. The van der Waals surface area contributed by atoms with E-state index in [2.05, 4.69) is 9.72 Å². The van der Waals surface area contributed by atoms with Crippen LogP contribution in [0.2, 0.25) is 0 Å². The number of halogens is 3. The van der Waals surface area contributed by atoms with Gasteiger partial charge in [0.1, 0.15) is 6.07 Å². The molecule has 0 aliphatic heterocycles. The third kappa shape index (κ3) is 2.52. The molecule has 1 aromatic heterocycles. The molecule has 0 aliphatic rings. The average molecular weight is 232 g/mol. The Morgan fingerprint density at radius 1 is 1.50 bits per heavy atom. The van der Waals surface area contributed by atoms with Crippen molar-refractivity contribution in [2.75, 3.05) is 5.73 Å². The molecule has 86 valence electrons. The zero-order valence-corrected chi connectivity index (χ0v) is 7.88. The van der Waals surface area contributed by atoms with Crippen molar-refractivity contribution in [3.8, 4) is 11.8 Å². The highest BCUT2D eigenvalue weighted by Crippen LogP contribution is 2.32. The maximum atomic E-state index is 12.0. The molecule has 1 heterocycles. The molecule has 8 heteroatoms. The van der Waals surface area contributed by atoms with Crippen molar-refractivity contribution >= 4 is 5.69 Å². The van der Waals surface area contributed by atoms with Crippen molar-refractivity contribution in [2.24, 2.45) is 5.73 Å². The van der Waals surface area contributed by atoms with Gasteiger partial charge in [-0.05, 0) is 0 Å². The van der Waals surface area contributed by atoms with Crippen LogP contribution in [0.3, 0.4) is 0 Å². The van der Waals surface area contributed by atoms with E-state index < -0.39 is 17.8 Å². The van der Waals surface area contributed by atoms with E-state index in [9.17, 15) is 13.2 Å². The highest BCUT2D eigenvalue weighted by molar-refractivity contribution is 5.64. The number of hydrogen-bond donors (Lipinski definition) is 2. The van der Waals surface area contributed by atoms with Crippen molar-refractivity contribution in [1.82, 2.24) is 4.98 Å². The first-order valence-corrected chi connectivity index (χ1v) is 4.02. The summed E-state index contributed by atoms with van der Waals surface area (Å²) in [5.41, 5.74) is 9.74. The molecule has 0 saturated heterocycles. The molecular formula is C8H7F3N4O. The third-order valence-corrected chi connectivity index (χ3v) is 1.68. The fourth-order valence-corrected chi connectivity index (χ4v) is 1.01. The minimum absolute atomic E-state index is 0.158. The molecular weight excluding hydrogens is 225 g/mol. The number of pyridine rings is 1. The quantitative estimate of drug-likeness (QED) is 0.789. The predicted octanol–water partition coefficient (Wildman–Crippen LogP) is 0.893. The summed E-state index contributed by atoms with van der Waals surface area (Å²) >= 11 is 0. The molecule has 0 amide bonds. The molecule has 0 saturated carbocycles. The number of rotatable bonds is 2. The number of ether oxygens (including phenoxy) is 1. The van der Waals surface area contributed by atoms with Crippen LogP contribution >= 0.6 is 0 Å². The summed E-state index contributed by atoms with van der Waals surface area (Å²) in [6.07, 6.45) is -3.87. The van der Waals surface area contributed by atoms with Crippen molar-refractivity contribution < 1.29 is 17.9 Å². The van der Waals surface area contributed by atoms with Crippen LogP contribution < -0.4 is 16.2 Å². The Labute approximate surface area is 88.4 Å². The average Bonchev–Trinajstić information content (AvgIpc) is 2.19. The Morgan fingerprint density at radius 2 is 2.12 bits per heavy atom. The SMILES string of the molecule is N#Cc1cnc(CN)c(OC(F)(F)F)c1N. The van der Waals surface area contributed by atoms with E-state index in [4.69, 9.17) is 16.7 Å². The monoisotopic (exact) mass is 232 g/mol. The largest absolute Gasteiger partial charge is 0.573 e. The zero-order valence-electron chi connectivity index (χ0n) is 7.88. The molecule has 0 aliphatic carbocycles. The lowest BCUT2D eigenvalue weighted by molar-refractivity contribution is -0.274. The van der Waals surface area contributed by atoms with Crippen LogP contribution in [0.15, 0.2) is 6.20 Å². The molecule has 0 bridgehead atoms. The lowest BCUT2D eigenvalue weighted by Gasteiger charge is -2.14. The van der Waals surface area contributed by atoms with Crippen molar-refractivity contribution in [2.45, 2.75) is 12.9 Å². The van der Waals surface area contributed by atoms with Crippen LogP contribution in [0, 0.1) is 11.3 Å². The molecule has 4 N–H and O–H groups in total. The second kappa shape index (κ2) is 4.24. The zero-order chi connectivity index (χ0) is 12.3. The van der Waals surface area contributed by atoms with Gasteiger partial charge in [0.2, 0.25) is 0 Å². The van der Waals surface area contributed by atoms with Crippen molar-refractivity contribution in [3.05, 3.63) is 17.5 Å². The summed E-state index contributed by atoms with van der Waals surface area (Å²) in [4.78, 5) is 3.56. The van der Waals surface area contributed by atoms with Gasteiger partial charge in [-0.25, -0.2) is 0 Å². The highest BCUT2D eigenvalue weighted by atomic mass is 19.4. The van der Waals surface area contributed by atoms with Crippen LogP contribution in [0.1, 0.15) is 11.3 Å². The normalized spacial score (nSPS) is 10.9. The summed E-state index contributed by atoms with van der Waals surface area (Å²) in [6.45, 7) is -0.276. The van der Waals surface area contributed by atoms with Crippen LogP contribution in [0.25, 0.3) is 0 Å². The van der Waals surface area contributed by atoms with Crippen molar-refractivity contribution in [3.63, 3.8) is 0 Å². The van der Waals surface area contributed by atoms with Gasteiger partial charge in [-0.2, -0.15) is 5.26 Å². The van der Waals surface area contributed by atoms with E-state index in [0.717, 1.165) is 6.20 Å². The van der Waals surface area contributed by atoms with Gasteiger partial charge in [0.15, 0.2) is 5.75 Å². The van der Waals surface area contributed by atoms with Gasteiger partial charge in [0.25, 0.3) is 0 Å². The fraction of sp³-hybridized carbons (Fsp3) is 0.250. The summed E-state index contributed by atoms with van der Waals surface area (Å²) < 4.78 is 39.8. The number of nitrogen functional groups attached to an aromatic ring is 1. The Hall–Kier alpha value is -2.01. The number of aromatic nitrogens is 1. The van der Waals surface area contributed by atoms with Gasteiger partial charge in [-0.1, -0.05) is 0 Å². The van der Waals surface area contributed by atoms with Crippen molar-refractivity contribution in [1.29, 1.82) is 5.26 Å². The van der Waals surface area contributed by atoms with E-state index in [-0.39, 0.29) is 17.8 Å². The standard InChI is InChI=1S/C8H7F3N4O/c9-8(10,11)16-7-5(2-13)15-3-4(1-12)6(7)14/h3H,2,13H2,(H2,14,15). The van der Waals surface area contributed by atoms with Gasteiger partial charge in [-0.15, -0.1) is 13.2 Å². The molecule has 1 aromatic rings. The number of alkyl halides is 3. The maximum absolute atomic E-state index is 12.0. The summed E-state index contributed by atoms with van der Waals surface area (Å²) in [7, 11) is 0. The molecule has 0 radical (unpaired) electrons. The molecule has 0 unspecified atom stereocenters. The Kier molecular flexibility index (Phi) is 3.20. The molecule has 16 heavy (non-hydrogen) atoms. The van der Waals surface area contributed by atoms with Gasteiger partial charge in [-0.3, -0.25) is 4.98 Å². The van der Waals surface area contributed by atoms with E-state index in [0.29, 0.717) is 0 Å². The van der Waals surface area contributed by atoms with Gasteiger partial charge in [0, 0.05) is 12.7 Å². The van der Waals surface area contributed by atoms with Gasteiger partial charge < -0.3 is 16.2 Å². The molecule has 0 spiro atoms. The topological polar surface area (TPSA) is 98.0 Å². The first-order chi connectivity index (χ1) is 7.39. The first-order valence-electron chi connectivity index (χ1n) is 4.02. The van der Waals surface area contributed by atoms with E-state index in [1.165, 1.54) is 0 Å². The Bertz CT molecular complexity index is 438. The van der Waals surface area contributed by atoms with Crippen LogP contribution in [0.5, 0.6) is 5.75 Å². The van der Waals surface area contributed by atoms with Crippen LogP contribution in [0.4, 0.5) is 18.9 Å². The lowest BCUT2D eigenvalue weighted by Crippen LogP contribution is -2.20. The molecule has 0 fully saturated rings. The minimum Gasteiger partial charge on any atom is -0.402 e. The summed E-state index contributed by atoms with van der Waals surface area (Å²) in [6, 6.07) is 1.60. The molecule has 0 atom stereocenters. The van der Waals surface area contributed by atoms with Gasteiger partial charge >= 0.3 is 6.36 Å². The Balaban J connectivity index is 3.28. The second-order valence-corrected chi connectivity index (χ2v) is 2.73. The van der Waals surface area contributed by atoms with Gasteiger partial charge in [0.05, 0.1) is 16.9 Å². The molecule has 5 nitrogen and oxygen atoms in total. The smallest absolute Gasteiger partial charge is 0.402 e. The summed E-state index contributed by atoms with van der Waals surface area (Å²) in [5, 5.41) is 8.57. The highest BCUT2D eigenvalue weighted by Gasteiger charge is 2.33. The lowest BCUT2D eigenvalue weighted by atomic mass is 10.2. The van der Waals surface area contributed by atoms with Crippen LogP contribution in [-0.2, 0) is 6.54 Å². The van der Waals surface area contributed by atoms with E-state index in [1.807, 2.05) is 0 Å². The summed E-state index contributed by atoms with van der Waals surface area (Å²) in [5.74, 6) is -0.714. The minimum atomic E-state index is -4.91. The number of nitrogens with two attached hydrogens (primary N) is 2. The Morgan fingerprint density at radius 3 is 2.56 bits per heavy atom. The second-order valence-electron chi connectivity index (χ2n) is 2.73. The van der Waals surface area contributed by atoms with E-state index >= 15 is 0 Å². The number of nitriles is 1.